The fraction of sp³-hybridized carbons (Fsp3) is 0.417. The highest BCUT2D eigenvalue weighted by molar-refractivity contribution is 9.10. The van der Waals surface area contributed by atoms with Gasteiger partial charge in [-0.1, -0.05) is 28.1 Å². The Labute approximate surface area is 108 Å². The quantitative estimate of drug-likeness (QED) is 0.848. The molecule has 0 aliphatic carbocycles. The number of aliphatic hydroxyl groups excluding tert-OH is 1. The van der Waals surface area contributed by atoms with Gasteiger partial charge >= 0.3 is 5.97 Å². The van der Waals surface area contributed by atoms with Crippen molar-refractivity contribution < 1.29 is 19.4 Å². The van der Waals surface area contributed by atoms with Gasteiger partial charge in [0.15, 0.2) is 0 Å². The van der Waals surface area contributed by atoms with E-state index in [2.05, 4.69) is 15.9 Å². The lowest BCUT2D eigenvalue weighted by atomic mass is 9.95. The van der Waals surface area contributed by atoms with Gasteiger partial charge in [-0.25, -0.2) is 4.79 Å². The SMILES string of the molecule is CC1(C)OC(=O)C(CO)(c2ccc(Br)cc2)O1. The summed E-state index contributed by atoms with van der Waals surface area (Å²) in [4.78, 5) is 11.9. The number of aliphatic hydroxyl groups is 1. The minimum atomic E-state index is -1.41. The van der Waals surface area contributed by atoms with Crippen molar-refractivity contribution in [2.24, 2.45) is 0 Å². The van der Waals surface area contributed by atoms with Crippen molar-refractivity contribution in [1.82, 2.24) is 0 Å². The van der Waals surface area contributed by atoms with Crippen molar-refractivity contribution in [3.8, 4) is 0 Å². The Morgan fingerprint density at radius 1 is 1.29 bits per heavy atom. The number of benzene rings is 1. The number of ether oxygens (including phenoxy) is 2. The molecule has 2 rings (SSSR count). The zero-order valence-corrected chi connectivity index (χ0v) is 11.2. The smallest absolute Gasteiger partial charge is 0.348 e. The third kappa shape index (κ3) is 2.10. The van der Waals surface area contributed by atoms with Crippen molar-refractivity contribution >= 4 is 21.9 Å². The summed E-state index contributed by atoms with van der Waals surface area (Å²) in [5.41, 5.74) is -0.830. The van der Waals surface area contributed by atoms with Gasteiger partial charge in [0.05, 0.1) is 6.61 Å². The second-order valence-electron chi connectivity index (χ2n) is 4.38. The first-order valence-corrected chi connectivity index (χ1v) is 5.99. The van der Waals surface area contributed by atoms with Gasteiger partial charge in [0.2, 0.25) is 11.4 Å². The first-order valence-electron chi connectivity index (χ1n) is 5.20. The molecule has 1 aromatic carbocycles. The molecule has 1 aliphatic rings. The summed E-state index contributed by atoms with van der Waals surface area (Å²) in [6.45, 7) is 2.83. The molecule has 0 spiro atoms. The maximum atomic E-state index is 11.9. The zero-order chi connectivity index (χ0) is 12.7. The molecule has 0 bridgehead atoms. The number of hydrogen-bond acceptors (Lipinski definition) is 4. The Morgan fingerprint density at radius 2 is 1.88 bits per heavy atom. The molecular weight excluding hydrogens is 288 g/mol. The van der Waals surface area contributed by atoms with Crippen LogP contribution in [0.5, 0.6) is 0 Å². The van der Waals surface area contributed by atoms with E-state index < -0.39 is 24.0 Å². The lowest BCUT2D eigenvalue weighted by Crippen LogP contribution is -2.38. The van der Waals surface area contributed by atoms with Crippen LogP contribution in [0.2, 0.25) is 0 Å². The second-order valence-corrected chi connectivity index (χ2v) is 5.30. The highest BCUT2D eigenvalue weighted by Gasteiger charge is 2.55. The summed E-state index contributed by atoms with van der Waals surface area (Å²) in [5.74, 6) is -1.58. The Hall–Kier alpha value is -0.910. The van der Waals surface area contributed by atoms with Crippen LogP contribution in [0.25, 0.3) is 0 Å². The Bertz CT molecular complexity index is 440. The van der Waals surface area contributed by atoms with Gasteiger partial charge in [-0.05, 0) is 17.7 Å². The summed E-state index contributed by atoms with van der Waals surface area (Å²) in [6, 6.07) is 7.02. The predicted octanol–water partition coefficient (Wildman–Crippen LogP) is 1.95. The number of carbonyl (C=O) groups is 1. The van der Waals surface area contributed by atoms with E-state index in [1.165, 1.54) is 0 Å². The van der Waals surface area contributed by atoms with E-state index >= 15 is 0 Å². The molecule has 1 fully saturated rings. The van der Waals surface area contributed by atoms with E-state index in [0.717, 1.165) is 4.47 Å². The van der Waals surface area contributed by atoms with Gasteiger partial charge in [-0.2, -0.15) is 0 Å². The topological polar surface area (TPSA) is 55.8 Å². The summed E-state index contributed by atoms with van der Waals surface area (Å²) in [7, 11) is 0. The van der Waals surface area contributed by atoms with Gasteiger partial charge in [0, 0.05) is 18.3 Å². The molecule has 17 heavy (non-hydrogen) atoms. The van der Waals surface area contributed by atoms with Crippen LogP contribution >= 0.6 is 15.9 Å². The minimum Gasteiger partial charge on any atom is -0.431 e. The number of halogens is 1. The number of esters is 1. The van der Waals surface area contributed by atoms with Crippen LogP contribution in [-0.2, 0) is 19.9 Å². The fourth-order valence-corrected chi connectivity index (χ4v) is 2.14. The van der Waals surface area contributed by atoms with Crippen LogP contribution in [0.1, 0.15) is 19.4 Å². The van der Waals surface area contributed by atoms with E-state index in [1.54, 1.807) is 38.1 Å². The maximum absolute atomic E-state index is 11.9. The molecular formula is C12H13BrO4. The third-order valence-corrected chi connectivity index (χ3v) is 3.15. The van der Waals surface area contributed by atoms with Crippen molar-refractivity contribution in [2.45, 2.75) is 25.2 Å². The molecule has 5 heteroatoms. The lowest BCUT2D eigenvalue weighted by molar-refractivity contribution is -0.173. The molecule has 1 saturated heterocycles. The van der Waals surface area contributed by atoms with Gasteiger partial charge in [0.1, 0.15) is 0 Å². The van der Waals surface area contributed by atoms with Crippen molar-refractivity contribution in [2.75, 3.05) is 6.61 Å². The first-order chi connectivity index (χ1) is 7.89. The van der Waals surface area contributed by atoms with Crippen LogP contribution in [0.3, 0.4) is 0 Å². The van der Waals surface area contributed by atoms with E-state index in [1.807, 2.05) is 0 Å². The average Bonchev–Trinajstić information content (AvgIpc) is 2.50. The predicted molar refractivity (Wildman–Crippen MR) is 64.2 cm³/mol. The average molecular weight is 301 g/mol. The van der Waals surface area contributed by atoms with Crippen molar-refractivity contribution in [1.29, 1.82) is 0 Å². The van der Waals surface area contributed by atoms with E-state index in [4.69, 9.17) is 9.47 Å². The summed E-state index contributed by atoms with van der Waals surface area (Å²) < 4.78 is 11.6. The fourth-order valence-electron chi connectivity index (χ4n) is 1.87. The van der Waals surface area contributed by atoms with Gasteiger partial charge < -0.3 is 14.6 Å². The molecule has 4 nitrogen and oxygen atoms in total. The first kappa shape index (κ1) is 12.5. The number of carbonyl (C=O) groups excluding carboxylic acids is 1. The largest absolute Gasteiger partial charge is 0.431 e. The molecule has 0 saturated carbocycles. The van der Waals surface area contributed by atoms with Gasteiger partial charge in [-0.3, -0.25) is 0 Å². The summed E-state index contributed by atoms with van der Waals surface area (Å²) >= 11 is 3.31. The monoisotopic (exact) mass is 300 g/mol. The van der Waals surface area contributed by atoms with Crippen molar-refractivity contribution in [3.05, 3.63) is 34.3 Å². The van der Waals surface area contributed by atoms with Gasteiger partial charge in [-0.15, -0.1) is 0 Å². The number of rotatable bonds is 2. The molecule has 0 radical (unpaired) electrons. The molecule has 1 heterocycles. The molecule has 92 valence electrons. The second kappa shape index (κ2) is 4.08. The highest BCUT2D eigenvalue weighted by atomic mass is 79.9. The molecule has 1 aromatic rings. The zero-order valence-electron chi connectivity index (χ0n) is 9.57. The normalized spacial score (nSPS) is 26.9. The van der Waals surface area contributed by atoms with Crippen LogP contribution in [0, 0.1) is 0 Å². The summed E-state index contributed by atoms with van der Waals surface area (Å²) in [5, 5.41) is 9.50. The van der Waals surface area contributed by atoms with Crippen LogP contribution < -0.4 is 0 Å². The summed E-state index contributed by atoms with van der Waals surface area (Å²) in [6.07, 6.45) is 0. The van der Waals surface area contributed by atoms with E-state index in [-0.39, 0.29) is 0 Å². The molecule has 1 atom stereocenters. The molecule has 1 unspecified atom stereocenters. The van der Waals surface area contributed by atoms with Crippen LogP contribution in [-0.4, -0.2) is 23.5 Å². The Balaban J connectivity index is 2.45. The highest BCUT2D eigenvalue weighted by Crippen LogP contribution is 2.39. The van der Waals surface area contributed by atoms with Crippen molar-refractivity contribution in [3.63, 3.8) is 0 Å². The molecule has 0 amide bonds. The van der Waals surface area contributed by atoms with E-state index in [0.29, 0.717) is 5.56 Å². The van der Waals surface area contributed by atoms with Gasteiger partial charge in [0.25, 0.3) is 0 Å². The molecule has 0 aromatic heterocycles. The Kier molecular flexibility index (Phi) is 3.01. The maximum Gasteiger partial charge on any atom is 0.348 e. The standard InChI is InChI=1S/C12H13BrO4/c1-11(2)16-10(15)12(7-14,17-11)8-3-5-9(13)6-4-8/h3-6,14H,7H2,1-2H3. The Morgan fingerprint density at radius 3 is 2.29 bits per heavy atom. The van der Waals surface area contributed by atoms with Crippen LogP contribution in [0.15, 0.2) is 28.7 Å². The number of cyclic esters (lactones) is 1. The molecule has 1 aliphatic heterocycles. The lowest BCUT2D eigenvalue weighted by Gasteiger charge is -2.24. The minimum absolute atomic E-state index is 0.448. The number of hydrogen-bond donors (Lipinski definition) is 1. The van der Waals surface area contributed by atoms with Crippen LogP contribution in [0.4, 0.5) is 0 Å². The van der Waals surface area contributed by atoms with E-state index in [9.17, 15) is 9.90 Å². The molecule has 1 N–H and O–H groups in total. The third-order valence-electron chi connectivity index (χ3n) is 2.62.